The molecule has 1 N–H and O–H groups in total. The summed E-state index contributed by atoms with van der Waals surface area (Å²) in [4.78, 5) is 11.8. The van der Waals surface area contributed by atoms with E-state index in [0.29, 0.717) is 6.61 Å². The molecule has 0 heterocycles. The number of nitrogens with zero attached hydrogens (tertiary/aromatic N) is 1. The molecule has 0 amide bonds. The van der Waals surface area contributed by atoms with Gasteiger partial charge in [-0.3, -0.25) is 4.79 Å². The number of carbonyl (C=O) groups is 1. The minimum absolute atomic E-state index is 0.0922. The van der Waals surface area contributed by atoms with Crippen LogP contribution in [0.15, 0.2) is 0 Å². The number of unbranched alkanes of at least 4 members (excludes halogenated alkanes) is 8. The predicted molar refractivity (Wildman–Crippen MR) is 100 cm³/mol. The Bertz CT molecular complexity index is 305. The van der Waals surface area contributed by atoms with E-state index < -0.39 is 0 Å². The van der Waals surface area contributed by atoms with E-state index in [0.717, 1.165) is 51.6 Å². The minimum atomic E-state index is -0.378. The molecule has 0 aliphatic rings. The number of hydroxylamine groups is 2. The molecule has 4 heteroatoms. The van der Waals surface area contributed by atoms with Gasteiger partial charge in [-0.1, -0.05) is 58.3 Å². The first-order valence-corrected chi connectivity index (χ1v) is 10.0. The fourth-order valence-corrected chi connectivity index (χ4v) is 2.83. The summed E-state index contributed by atoms with van der Waals surface area (Å²) in [6.45, 7) is 10.0. The van der Waals surface area contributed by atoms with Crippen molar-refractivity contribution in [2.24, 2.45) is 5.41 Å². The number of hydrogen-bond donors (Lipinski definition) is 1. The number of esters is 1. The van der Waals surface area contributed by atoms with E-state index in [1.165, 1.54) is 37.2 Å². The van der Waals surface area contributed by atoms with Crippen LogP contribution in [0.3, 0.4) is 0 Å². The zero-order valence-corrected chi connectivity index (χ0v) is 16.6. The van der Waals surface area contributed by atoms with Gasteiger partial charge in [-0.2, -0.15) is 5.06 Å². The normalized spacial score (nSPS) is 11.9. The maximum Gasteiger partial charge on any atom is 0.311 e. The lowest BCUT2D eigenvalue weighted by molar-refractivity contribution is -0.153. The molecule has 0 aromatic heterocycles. The fourth-order valence-electron chi connectivity index (χ4n) is 2.83. The molecular weight excluding hydrogens is 302 g/mol. The first-order chi connectivity index (χ1) is 11.4. The van der Waals surface area contributed by atoms with Crippen LogP contribution < -0.4 is 0 Å². The Morgan fingerprint density at radius 3 is 1.92 bits per heavy atom. The third-order valence-corrected chi connectivity index (χ3v) is 4.57. The van der Waals surface area contributed by atoms with Gasteiger partial charge in [0.25, 0.3) is 0 Å². The molecule has 0 aliphatic carbocycles. The summed E-state index contributed by atoms with van der Waals surface area (Å²) in [5, 5.41) is 11.3. The number of rotatable bonds is 16. The molecule has 0 rings (SSSR count). The second-order valence-corrected chi connectivity index (χ2v) is 7.49. The monoisotopic (exact) mass is 343 g/mol. The van der Waals surface area contributed by atoms with Gasteiger partial charge in [0.15, 0.2) is 0 Å². The van der Waals surface area contributed by atoms with Crippen LogP contribution in [0.2, 0.25) is 0 Å². The third kappa shape index (κ3) is 12.8. The molecule has 0 radical (unpaired) electrons. The molecule has 0 aromatic carbocycles. The Labute approximate surface area is 149 Å². The summed E-state index contributed by atoms with van der Waals surface area (Å²) in [5.41, 5.74) is -0.378. The van der Waals surface area contributed by atoms with Crippen LogP contribution in [0, 0.1) is 5.41 Å². The molecule has 0 aliphatic heterocycles. The lowest BCUT2D eigenvalue weighted by atomic mass is 9.87. The summed E-state index contributed by atoms with van der Waals surface area (Å²) in [7, 11) is 0. The summed E-state index contributed by atoms with van der Waals surface area (Å²) in [6.07, 6.45) is 12.7. The van der Waals surface area contributed by atoms with Crippen molar-refractivity contribution in [3.8, 4) is 0 Å². The third-order valence-electron chi connectivity index (χ3n) is 4.57. The maximum absolute atomic E-state index is 11.8. The quantitative estimate of drug-likeness (QED) is 0.226. The topological polar surface area (TPSA) is 49.8 Å². The highest BCUT2D eigenvalue weighted by Crippen LogP contribution is 2.25. The van der Waals surface area contributed by atoms with Crippen LogP contribution in [0.1, 0.15) is 98.3 Å². The van der Waals surface area contributed by atoms with E-state index in [1.54, 1.807) is 0 Å². The average Bonchev–Trinajstić information content (AvgIpc) is 2.54. The van der Waals surface area contributed by atoms with Crippen molar-refractivity contribution in [1.29, 1.82) is 0 Å². The molecule has 0 atom stereocenters. The number of ether oxygens (including phenoxy) is 1. The van der Waals surface area contributed by atoms with E-state index in [1.807, 2.05) is 20.8 Å². The van der Waals surface area contributed by atoms with E-state index in [2.05, 4.69) is 6.92 Å². The Kier molecular flexibility index (Phi) is 14.3. The SMILES string of the molecule is CCCCCCCCN(O)CCCCCCC(C)(C)C(=O)OCC. The molecule has 0 bridgehead atoms. The number of hydrogen-bond acceptors (Lipinski definition) is 4. The smallest absolute Gasteiger partial charge is 0.311 e. The summed E-state index contributed by atoms with van der Waals surface area (Å²) < 4.78 is 5.11. The van der Waals surface area contributed by atoms with Crippen molar-refractivity contribution in [3.05, 3.63) is 0 Å². The van der Waals surface area contributed by atoms with Crippen molar-refractivity contribution in [3.63, 3.8) is 0 Å². The molecule has 24 heavy (non-hydrogen) atoms. The standard InChI is InChI=1S/C20H41NO3/c1-5-7-8-9-11-14-17-21(23)18-15-12-10-13-16-20(3,4)19(22)24-6-2/h23H,5-18H2,1-4H3. The molecule has 0 saturated carbocycles. The van der Waals surface area contributed by atoms with E-state index in [4.69, 9.17) is 4.74 Å². The Hall–Kier alpha value is -0.610. The van der Waals surface area contributed by atoms with E-state index >= 15 is 0 Å². The summed E-state index contributed by atoms with van der Waals surface area (Å²) >= 11 is 0. The van der Waals surface area contributed by atoms with Crippen molar-refractivity contribution in [2.75, 3.05) is 19.7 Å². The Morgan fingerprint density at radius 1 is 0.875 bits per heavy atom. The Balaban J connectivity index is 3.50. The summed E-state index contributed by atoms with van der Waals surface area (Å²) in [5.74, 6) is -0.0922. The minimum Gasteiger partial charge on any atom is -0.466 e. The van der Waals surface area contributed by atoms with Gasteiger partial charge in [0.05, 0.1) is 12.0 Å². The van der Waals surface area contributed by atoms with Crippen molar-refractivity contribution >= 4 is 5.97 Å². The van der Waals surface area contributed by atoms with Crippen LogP contribution in [0.4, 0.5) is 0 Å². The summed E-state index contributed by atoms with van der Waals surface area (Å²) in [6, 6.07) is 0. The van der Waals surface area contributed by atoms with E-state index in [-0.39, 0.29) is 11.4 Å². The van der Waals surface area contributed by atoms with Crippen molar-refractivity contribution in [1.82, 2.24) is 5.06 Å². The maximum atomic E-state index is 11.8. The van der Waals surface area contributed by atoms with Gasteiger partial charge < -0.3 is 9.94 Å². The fraction of sp³-hybridized carbons (Fsp3) is 0.950. The number of carbonyl (C=O) groups excluding carboxylic acids is 1. The zero-order valence-electron chi connectivity index (χ0n) is 16.6. The zero-order chi connectivity index (χ0) is 18.3. The van der Waals surface area contributed by atoms with Crippen LogP contribution in [-0.2, 0) is 9.53 Å². The highest BCUT2D eigenvalue weighted by molar-refractivity contribution is 5.75. The lowest BCUT2D eigenvalue weighted by Gasteiger charge is -2.22. The second-order valence-electron chi connectivity index (χ2n) is 7.49. The van der Waals surface area contributed by atoms with Gasteiger partial charge in [0.1, 0.15) is 0 Å². The van der Waals surface area contributed by atoms with Crippen LogP contribution in [0.25, 0.3) is 0 Å². The molecule has 144 valence electrons. The predicted octanol–water partition coefficient (Wildman–Crippen LogP) is 5.58. The Morgan fingerprint density at radius 2 is 1.38 bits per heavy atom. The van der Waals surface area contributed by atoms with Gasteiger partial charge in [-0.05, 0) is 40.0 Å². The van der Waals surface area contributed by atoms with Crippen molar-refractivity contribution < 1.29 is 14.7 Å². The lowest BCUT2D eigenvalue weighted by Crippen LogP contribution is -2.26. The van der Waals surface area contributed by atoms with Crippen LogP contribution in [0.5, 0.6) is 0 Å². The molecule has 0 aromatic rings. The molecule has 0 saturated heterocycles. The van der Waals surface area contributed by atoms with Gasteiger partial charge in [0.2, 0.25) is 0 Å². The average molecular weight is 344 g/mol. The van der Waals surface area contributed by atoms with Gasteiger partial charge in [-0.15, -0.1) is 0 Å². The highest BCUT2D eigenvalue weighted by Gasteiger charge is 2.28. The highest BCUT2D eigenvalue weighted by atomic mass is 16.5. The van der Waals surface area contributed by atoms with E-state index in [9.17, 15) is 10.0 Å². The first-order valence-electron chi connectivity index (χ1n) is 10.0. The first kappa shape index (κ1) is 23.4. The van der Waals surface area contributed by atoms with Crippen LogP contribution in [-0.4, -0.2) is 35.9 Å². The second kappa shape index (κ2) is 14.7. The molecule has 0 fully saturated rings. The molecule has 4 nitrogen and oxygen atoms in total. The van der Waals surface area contributed by atoms with Crippen molar-refractivity contribution in [2.45, 2.75) is 98.3 Å². The molecule has 0 spiro atoms. The van der Waals surface area contributed by atoms with Crippen LogP contribution >= 0.6 is 0 Å². The molecular formula is C20H41NO3. The van der Waals surface area contributed by atoms with Gasteiger partial charge in [-0.25, -0.2) is 0 Å². The van der Waals surface area contributed by atoms with Gasteiger partial charge >= 0.3 is 5.97 Å². The molecule has 0 unspecified atom stereocenters. The van der Waals surface area contributed by atoms with Gasteiger partial charge in [0, 0.05) is 13.1 Å². The largest absolute Gasteiger partial charge is 0.466 e.